The number of nitrogens with zero attached hydrogens (tertiary/aromatic N) is 2. The second-order valence-electron chi connectivity index (χ2n) is 4.68. The average Bonchev–Trinajstić information content (AvgIpc) is 2.65. The summed E-state index contributed by atoms with van der Waals surface area (Å²) in [7, 11) is 0. The van der Waals surface area contributed by atoms with E-state index < -0.39 is 5.60 Å². The highest BCUT2D eigenvalue weighted by molar-refractivity contribution is 5.94. The fourth-order valence-electron chi connectivity index (χ4n) is 2.17. The molecule has 1 amide bonds. The topological polar surface area (TPSA) is 71.5 Å². The van der Waals surface area contributed by atoms with E-state index in [1.54, 1.807) is 17.2 Å². The smallest absolute Gasteiger partial charge is 0.270 e. The highest BCUT2D eigenvalue weighted by Gasteiger charge is 2.42. The summed E-state index contributed by atoms with van der Waals surface area (Å²) in [5.74, 6) is -0.0540. The summed E-state index contributed by atoms with van der Waals surface area (Å²) >= 11 is 0. The van der Waals surface area contributed by atoms with E-state index in [9.17, 15) is 9.90 Å². The van der Waals surface area contributed by atoms with Crippen LogP contribution in [0.2, 0.25) is 0 Å². The summed E-state index contributed by atoms with van der Waals surface area (Å²) in [4.78, 5) is 13.8. The number of likely N-dealkylation sites (tertiary alicyclic amines) is 1. The fourth-order valence-corrected chi connectivity index (χ4v) is 2.17. The number of nitrogens with two attached hydrogens (primary N) is 1. The lowest BCUT2D eigenvalue weighted by atomic mass is 9.91. The van der Waals surface area contributed by atoms with Crippen LogP contribution >= 0.6 is 0 Å². The van der Waals surface area contributed by atoms with Crippen molar-refractivity contribution < 1.29 is 9.90 Å². The standard InChI is InChI=1S/C12H19N3O2/c1-3-12(17)7-15(8-12)11(16)10-5-9(13)6-14(10)4-2/h5-6,17H,3-4,7-8,13H2,1-2H3. The van der Waals surface area contributed by atoms with Gasteiger partial charge in [-0.05, 0) is 19.4 Å². The SMILES string of the molecule is CCn1cc(N)cc1C(=O)N1CC(O)(CC)C1. The zero-order valence-corrected chi connectivity index (χ0v) is 10.3. The van der Waals surface area contributed by atoms with Gasteiger partial charge in [-0.3, -0.25) is 4.79 Å². The third-order valence-corrected chi connectivity index (χ3v) is 3.39. The number of hydrogen-bond donors (Lipinski definition) is 2. The van der Waals surface area contributed by atoms with Crippen molar-refractivity contribution in [1.82, 2.24) is 9.47 Å². The molecule has 1 aliphatic rings. The van der Waals surface area contributed by atoms with Gasteiger partial charge in [-0.1, -0.05) is 6.92 Å². The second kappa shape index (κ2) is 4.07. The Balaban J connectivity index is 2.11. The summed E-state index contributed by atoms with van der Waals surface area (Å²) in [6.07, 6.45) is 2.44. The maximum absolute atomic E-state index is 12.2. The Morgan fingerprint density at radius 2 is 2.18 bits per heavy atom. The average molecular weight is 237 g/mol. The third kappa shape index (κ3) is 2.02. The molecular weight excluding hydrogens is 218 g/mol. The molecule has 5 heteroatoms. The molecule has 0 radical (unpaired) electrons. The minimum atomic E-state index is -0.690. The van der Waals surface area contributed by atoms with Crippen LogP contribution in [0.4, 0.5) is 5.69 Å². The van der Waals surface area contributed by atoms with E-state index >= 15 is 0 Å². The maximum Gasteiger partial charge on any atom is 0.270 e. The Bertz CT molecular complexity index is 433. The predicted molar refractivity (Wildman–Crippen MR) is 65.7 cm³/mol. The molecule has 1 fully saturated rings. The minimum absolute atomic E-state index is 0.0540. The molecule has 2 rings (SSSR count). The van der Waals surface area contributed by atoms with Crippen LogP contribution in [0.3, 0.4) is 0 Å². The monoisotopic (exact) mass is 237 g/mol. The van der Waals surface area contributed by atoms with E-state index in [-0.39, 0.29) is 5.91 Å². The first-order valence-electron chi connectivity index (χ1n) is 5.96. The van der Waals surface area contributed by atoms with Crippen molar-refractivity contribution >= 4 is 11.6 Å². The molecule has 0 bridgehead atoms. The van der Waals surface area contributed by atoms with Crippen molar-refractivity contribution in [3.63, 3.8) is 0 Å². The lowest BCUT2D eigenvalue weighted by Gasteiger charge is -2.46. The van der Waals surface area contributed by atoms with Crippen molar-refractivity contribution in [2.24, 2.45) is 0 Å². The number of aryl methyl sites for hydroxylation is 1. The Morgan fingerprint density at radius 1 is 1.53 bits per heavy atom. The molecular formula is C12H19N3O2. The molecule has 0 aromatic carbocycles. The number of anilines is 1. The summed E-state index contributed by atoms with van der Waals surface area (Å²) in [6, 6.07) is 1.69. The number of carbonyl (C=O) groups is 1. The molecule has 1 aromatic rings. The molecule has 0 aliphatic carbocycles. The Hall–Kier alpha value is -1.49. The van der Waals surface area contributed by atoms with Crippen LogP contribution < -0.4 is 5.73 Å². The molecule has 5 nitrogen and oxygen atoms in total. The van der Waals surface area contributed by atoms with Crippen molar-refractivity contribution in [2.75, 3.05) is 18.8 Å². The molecule has 17 heavy (non-hydrogen) atoms. The maximum atomic E-state index is 12.2. The number of aromatic nitrogens is 1. The first-order chi connectivity index (χ1) is 7.99. The van der Waals surface area contributed by atoms with Crippen molar-refractivity contribution in [2.45, 2.75) is 32.4 Å². The van der Waals surface area contributed by atoms with Gasteiger partial charge in [-0.2, -0.15) is 0 Å². The van der Waals surface area contributed by atoms with Crippen LogP contribution in [0.25, 0.3) is 0 Å². The minimum Gasteiger partial charge on any atom is -0.397 e. The number of amides is 1. The van der Waals surface area contributed by atoms with E-state index in [1.165, 1.54) is 0 Å². The zero-order chi connectivity index (χ0) is 12.6. The van der Waals surface area contributed by atoms with Gasteiger partial charge in [0.25, 0.3) is 5.91 Å². The van der Waals surface area contributed by atoms with Gasteiger partial charge in [-0.25, -0.2) is 0 Å². The fraction of sp³-hybridized carbons (Fsp3) is 0.583. The Labute approximate surface area is 101 Å². The number of carbonyl (C=O) groups excluding carboxylic acids is 1. The van der Waals surface area contributed by atoms with Gasteiger partial charge in [0.15, 0.2) is 0 Å². The highest BCUT2D eigenvalue weighted by Crippen LogP contribution is 2.26. The van der Waals surface area contributed by atoms with Crippen molar-refractivity contribution in [3.8, 4) is 0 Å². The lowest BCUT2D eigenvalue weighted by molar-refractivity contribution is -0.0829. The number of aliphatic hydroxyl groups is 1. The lowest BCUT2D eigenvalue weighted by Crippen LogP contribution is -2.63. The number of rotatable bonds is 3. The van der Waals surface area contributed by atoms with Crippen LogP contribution in [-0.2, 0) is 6.54 Å². The number of β-amino-alcohol motifs (C(OH)–C–C–N with tert-alkyl or cyclic N) is 1. The molecule has 0 saturated carbocycles. The molecule has 1 saturated heterocycles. The second-order valence-corrected chi connectivity index (χ2v) is 4.68. The first-order valence-corrected chi connectivity index (χ1v) is 5.96. The van der Waals surface area contributed by atoms with Crippen LogP contribution in [0.1, 0.15) is 30.8 Å². The van der Waals surface area contributed by atoms with Gasteiger partial charge < -0.3 is 20.3 Å². The van der Waals surface area contributed by atoms with Crippen LogP contribution in [-0.4, -0.2) is 39.2 Å². The number of hydrogen-bond acceptors (Lipinski definition) is 3. The van der Waals surface area contributed by atoms with Gasteiger partial charge in [0, 0.05) is 12.7 Å². The van der Waals surface area contributed by atoms with Gasteiger partial charge in [0.2, 0.25) is 0 Å². The molecule has 3 N–H and O–H groups in total. The molecule has 0 unspecified atom stereocenters. The molecule has 0 spiro atoms. The first kappa shape index (κ1) is 12.0. The van der Waals surface area contributed by atoms with Crippen molar-refractivity contribution in [1.29, 1.82) is 0 Å². The molecule has 1 aliphatic heterocycles. The summed E-state index contributed by atoms with van der Waals surface area (Å²) in [5, 5.41) is 9.89. The normalized spacial score (nSPS) is 17.9. The highest BCUT2D eigenvalue weighted by atomic mass is 16.3. The van der Waals surface area contributed by atoms with E-state index in [4.69, 9.17) is 5.73 Å². The van der Waals surface area contributed by atoms with Crippen LogP contribution in [0.15, 0.2) is 12.3 Å². The Kier molecular flexibility index (Phi) is 2.87. The van der Waals surface area contributed by atoms with Gasteiger partial charge in [0.1, 0.15) is 5.69 Å². The summed E-state index contributed by atoms with van der Waals surface area (Å²) in [5.41, 5.74) is 6.20. The van der Waals surface area contributed by atoms with E-state index in [0.29, 0.717) is 37.4 Å². The van der Waals surface area contributed by atoms with E-state index in [0.717, 1.165) is 0 Å². The van der Waals surface area contributed by atoms with Crippen molar-refractivity contribution in [3.05, 3.63) is 18.0 Å². The molecule has 94 valence electrons. The van der Waals surface area contributed by atoms with Gasteiger partial charge in [0.05, 0.1) is 24.4 Å². The molecule has 0 atom stereocenters. The van der Waals surface area contributed by atoms with Gasteiger partial charge in [-0.15, -0.1) is 0 Å². The van der Waals surface area contributed by atoms with E-state index in [1.807, 2.05) is 18.4 Å². The van der Waals surface area contributed by atoms with Gasteiger partial charge >= 0.3 is 0 Å². The van der Waals surface area contributed by atoms with Crippen LogP contribution in [0, 0.1) is 0 Å². The quantitative estimate of drug-likeness (QED) is 0.812. The summed E-state index contributed by atoms with van der Waals surface area (Å²) < 4.78 is 1.83. The van der Waals surface area contributed by atoms with Crippen LogP contribution in [0.5, 0.6) is 0 Å². The molecule has 1 aromatic heterocycles. The Morgan fingerprint density at radius 3 is 2.71 bits per heavy atom. The molecule has 2 heterocycles. The third-order valence-electron chi connectivity index (χ3n) is 3.39. The number of nitrogen functional groups attached to an aromatic ring is 1. The predicted octanol–water partition coefficient (Wildman–Crippen LogP) is 0.687. The largest absolute Gasteiger partial charge is 0.397 e. The summed E-state index contributed by atoms with van der Waals surface area (Å²) in [6.45, 7) is 5.43. The van der Waals surface area contributed by atoms with E-state index in [2.05, 4.69) is 0 Å². The zero-order valence-electron chi connectivity index (χ0n) is 10.3.